The molecular formula is C13H22N2O3. The molecule has 102 valence electrons. The van der Waals surface area contributed by atoms with E-state index in [1.807, 2.05) is 13.8 Å². The van der Waals surface area contributed by atoms with Crippen molar-refractivity contribution in [1.82, 2.24) is 9.80 Å². The fourth-order valence-electron chi connectivity index (χ4n) is 2.14. The van der Waals surface area contributed by atoms with E-state index in [-0.39, 0.29) is 12.6 Å². The molecule has 0 aromatic heterocycles. The van der Waals surface area contributed by atoms with Crippen LogP contribution in [0.4, 0.5) is 4.79 Å². The summed E-state index contributed by atoms with van der Waals surface area (Å²) in [6.45, 7) is 11.2. The van der Waals surface area contributed by atoms with E-state index in [0.717, 1.165) is 5.57 Å². The highest BCUT2D eigenvalue weighted by molar-refractivity contribution is 5.79. The van der Waals surface area contributed by atoms with Crippen molar-refractivity contribution in [2.24, 2.45) is 5.41 Å². The first-order valence-corrected chi connectivity index (χ1v) is 6.22. The second-order valence-electron chi connectivity index (χ2n) is 5.29. The zero-order chi connectivity index (χ0) is 13.9. The molecule has 1 atom stereocenters. The monoisotopic (exact) mass is 254 g/mol. The Labute approximate surface area is 108 Å². The van der Waals surface area contributed by atoms with Gasteiger partial charge in [-0.25, -0.2) is 4.79 Å². The molecule has 1 aliphatic rings. The van der Waals surface area contributed by atoms with Crippen molar-refractivity contribution in [3.8, 4) is 0 Å². The summed E-state index contributed by atoms with van der Waals surface area (Å²) in [6.07, 6.45) is 0.513. The number of carbonyl (C=O) groups excluding carboxylic acids is 1. The van der Waals surface area contributed by atoms with Crippen LogP contribution in [0.1, 0.15) is 27.2 Å². The quantitative estimate of drug-likeness (QED) is 0.778. The van der Waals surface area contributed by atoms with Crippen LogP contribution in [0.2, 0.25) is 0 Å². The Kier molecular flexibility index (Phi) is 4.38. The molecule has 2 amide bonds. The van der Waals surface area contributed by atoms with E-state index < -0.39 is 11.4 Å². The first-order valence-electron chi connectivity index (χ1n) is 6.22. The number of carboxylic acid groups (broad SMARTS) is 1. The van der Waals surface area contributed by atoms with Gasteiger partial charge in [-0.05, 0) is 27.2 Å². The van der Waals surface area contributed by atoms with Crippen LogP contribution in [0, 0.1) is 5.41 Å². The van der Waals surface area contributed by atoms with Crippen LogP contribution in [0.3, 0.4) is 0 Å². The largest absolute Gasteiger partial charge is 0.481 e. The van der Waals surface area contributed by atoms with Crippen LogP contribution in [-0.4, -0.2) is 53.1 Å². The summed E-state index contributed by atoms with van der Waals surface area (Å²) in [7, 11) is 0. The van der Waals surface area contributed by atoms with Crippen LogP contribution in [0.5, 0.6) is 0 Å². The van der Waals surface area contributed by atoms with Gasteiger partial charge in [-0.2, -0.15) is 0 Å². The van der Waals surface area contributed by atoms with E-state index in [1.165, 1.54) is 0 Å². The third-order valence-electron chi connectivity index (χ3n) is 3.37. The summed E-state index contributed by atoms with van der Waals surface area (Å²) in [6, 6.07) is -0.0922. The molecule has 0 aromatic carbocycles. The Morgan fingerprint density at radius 3 is 2.50 bits per heavy atom. The molecule has 0 spiro atoms. The van der Waals surface area contributed by atoms with Crippen LogP contribution >= 0.6 is 0 Å². The fraction of sp³-hybridized carbons (Fsp3) is 0.692. The summed E-state index contributed by atoms with van der Waals surface area (Å²) in [5.41, 5.74) is 0.114. The Balaban J connectivity index is 2.69. The van der Waals surface area contributed by atoms with Gasteiger partial charge in [0.1, 0.15) is 0 Å². The van der Waals surface area contributed by atoms with Crippen molar-refractivity contribution >= 4 is 12.0 Å². The van der Waals surface area contributed by atoms with E-state index >= 15 is 0 Å². The SMILES string of the molecule is C=C(C)CN(CC)C(=O)N1CCC(C)(C(=O)O)C1. The van der Waals surface area contributed by atoms with E-state index in [2.05, 4.69) is 6.58 Å². The van der Waals surface area contributed by atoms with Crippen LogP contribution in [0.15, 0.2) is 12.2 Å². The highest BCUT2D eigenvalue weighted by atomic mass is 16.4. The normalized spacial score (nSPS) is 22.9. The standard InChI is InChI=1S/C13H22N2O3/c1-5-14(8-10(2)3)12(18)15-7-6-13(4,9-15)11(16)17/h2,5-9H2,1,3-4H3,(H,16,17). The number of hydrogen-bond acceptors (Lipinski definition) is 2. The second kappa shape index (κ2) is 5.42. The molecule has 1 aliphatic heterocycles. The minimum absolute atomic E-state index is 0.0922. The van der Waals surface area contributed by atoms with E-state index in [9.17, 15) is 9.59 Å². The number of carboxylic acids is 1. The first kappa shape index (κ1) is 14.5. The van der Waals surface area contributed by atoms with Gasteiger partial charge in [0.05, 0.1) is 5.41 Å². The molecule has 18 heavy (non-hydrogen) atoms. The Morgan fingerprint density at radius 2 is 2.11 bits per heavy atom. The van der Waals surface area contributed by atoms with Crippen molar-refractivity contribution < 1.29 is 14.7 Å². The molecule has 5 nitrogen and oxygen atoms in total. The molecule has 1 N–H and O–H groups in total. The molecular weight excluding hydrogens is 232 g/mol. The highest BCUT2D eigenvalue weighted by Crippen LogP contribution is 2.30. The molecule has 0 aliphatic carbocycles. The zero-order valence-corrected chi connectivity index (χ0v) is 11.4. The van der Waals surface area contributed by atoms with Crippen molar-refractivity contribution in [3.63, 3.8) is 0 Å². The van der Waals surface area contributed by atoms with Gasteiger partial charge in [-0.15, -0.1) is 0 Å². The maximum atomic E-state index is 12.2. The number of rotatable bonds is 4. The van der Waals surface area contributed by atoms with Crippen LogP contribution in [-0.2, 0) is 4.79 Å². The van der Waals surface area contributed by atoms with E-state index in [4.69, 9.17) is 5.11 Å². The third kappa shape index (κ3) is 3.03. The molecule has 1 rings (SSSR count). The Bertz CT molecular complexity index is 367. The molecule has 5 heteroatoms. The van der Waals surface area contributed by atoms with E-state index in [0.29, 0.717) is 26.1 Å². The van der Waals surface area contributed by atoms with Gasteiger partial charge in [-0.1, -0.05) is 12.2 Å². The molecule has 1 heterocycles. The number of carbonyl (C=O) groups is 2. The number of likely N-dealkylation sites (tertiary alicyclic amines) is 1. The predicted molar refractivity (Wildman–Crippen MR) is 69.4 cm³/mol. The van der Waals surface area contributed by atoms with Crippen LogP contribution in [0.25, 0.3) is 0 Å². The summed E-state index contributed by atoms with van der Waals surface area (Å²) in [5, 5.41) is 9.15. The minimum atomic E-state index is -0.833. The van der Waals surface area contributed by atoms with Gasteiger partial charge in [-0.3, -0.25) is 4.79 Å². The van der Waals surface area contributed by atoms with Crippen molar-refractivity contribution in [3.05, 3.63) is 12.2 Å². The molecule has 0 radical (unpaired) electrons. The van der Waals surface area contributed by atoms with Gasteiger partial charge in [0.15, 0.2) is 0 Å². The average molecular weight is 254 g/mol. The summed E-state index contributed by atoms with van der Waals surface area (Å²) in [5.74, 6) is -0.833. The molecule has 0 aromatic rings. The van der Waals surface area contributed by atoms with Gasteiger partial charge in [0.25, 0.3) is 0 Å². The Hall–Kier alpha value is -1.52. The van der Waals surface area contributed by atoms with Crippen molar-refractivity contribution in [1.29, 1.82) is 0 Å². The predicted octanol–water partition coefficient (Wildman–Crippen LogP) is 1.80. The number of hydrogen-bond donors (Lipinski definition) is 1. The Morgan fingerprint density at radius 1 is 1.50 bits per heavy atom. The van der Waals surface area contributed by atoms with Crippen molar-refractivity contribution in [2.45, 2.75) is 27.2 Å². The number of urea groups is 1. The minimum Gasteiger partial charge on any atom is -0.481 e. The molecule has 1 unspecified atom stereocenters. The summed E-state index contributed by atoms with van der Waals surface area (Å²) >= 11 is 0. The van der Waals surface area contributed by atoms with Gasteiger partial charge < -0.3 is 14.9 Å². The van der Waals surface area contributed by atoms with Crippen LogP contribution < -0.4 is 0 Å². The summed E-state index contributed by atoms with van der Waals surface area (Å²) < 4.78 is 0. The van der Waals surface area contributed by atoms with Gasteiger partial charge in [0, 0.05) is 26.2 Å². The molecule has 0 saturated carbocycles. The topological polar surface area (TPSA) is 60.9 Å². The second-order valence-corrected chi connectivity index (χ2v) is 5.29. The lowest BCUT2D eigenvalue weighted by molar-refractivity contribution is -0.147. The highest BCUT2D eigenvalue weighted by Gasteiger charge is 2.42. The number of likely N-dealkylation sites (N-methyl/N-ethyl adjacent to an activating group) is 1. The number of nitrogens with zero attached hydrogens (tertiary/aromatic N) is 2. The zero-order valence-electron chi connectivity index (χ0n) is 11.4. The maximum Gasteiger partial charge on any atom is 0.320 e. The lowest BCUT2D eigenvalue weighted by Crippen LogP contribution is -2.44. The van der Waals surface area contributed by atoms with Crippen molar-refractivity contribution in [2.75, 3.05) is 26.2 Å². The maximum absolute atomic E-state index is 12.2. The smallest absolute Gasteiger partial charge is 0.320 e. The molecule has 0 bridgehead atoms. The number of aliphatic carboxylic acids is 1. The lowest BCUT2D eigenvalue weighted by atomic mass is 9.90. The molecule has 1 saturated heterocycles. The summed E-state index contributed by atoms with van der Waals surface area (Å²) in [4.78, 5) is 26.7. The first-order chi connectivity index (χ1) is 8.30. The number of amides is 2. The van der Waals surface area contributed by atoms with E-state index in [1.54, 1.807) is 16.7 Å². The fourth-order valence-corrected chi connectivity index (χ4v) is 2.14. The molecule has 1 fully saturated rings. The van der Waals surface area contributed by atoms with Gasteiger partial charge >= 0.3 is 12.0 Å². The average Bonchev–Trinajstić information content (AvgIpc) is 2.69. The third-order valence-corrected chi connectivity index (χ3v) is 3.37. The lowest BCUT2D eigenvalue weighted by Gasteiger charge is -2.28. The van der Waals surface area contributed by atoms with Gasteiger partial charge in [0.2, 0.25) is 0 Å².